The Kier molecular flexibility index (Phi) is 3.84. The lowest BCUT2D eigenvalue weighted by atomic mass is 9.96. The predicted octanol–water partition coefficient (Wildman–Crippen LogP) is 6.28. The van der Waals surface area contributed by atoms with Gasteiger partial charge in [-0.15, -0.1) is 0 Å². The molecule has 0 amide bonds. The zero-order valence-electron chi connectivity index (χ0n) is 15.5. The van der Waals surface area contributed by atoms with Gasteiger partial charge in [-0.2, -0.15) is 0 Å². The van der Waals surface area contributed by atoms with E-state index in [2.05, 4.69) is 52.1 Å². The topological polar surface area (TPSA) is 45.8 Å². The Balaban J connectivity index is 2.07. The normalized spacial score (nSPS) is 11.5. The van der Waals surface area contributed by atoms with Crippen LogP contribution in [-0.4, -0.2) is 9.97 Å². The highest BCUT2D eigenvalue weighted by Gasteiger charge is 2.16. The lowest BCUT2D eigenvalue weighted by Gasteiger charge is -2.15. The zero-order chi connectivity index (χ0) is 19.4. The SMILES string of the molecule is Cc1cc2nc3c([nH]c(C)c4ccccc43)c(-c3ccc(Br)cc3)c2cc1=O. The molecular formula is C24H17BrN2O. The van der Waals surface area contributed by atoms with Crippen LogP contribution in [0.3, 0.4) is 0 Å². The van der Waals surface area contributed by atoms with Crippen molar-refractivity contribution in [1.29, 1.82) is 0 Å². The summed E-state index contributed by atoms with van der Waals surface area (Å²) in [6.45, 7) is 3.91. The predicted molar refractivity (Wildman–Crippen MR) is 120 cm³/mol. The van der Waals surface area contributed by atoms with Gasteiger partial charge >= 0.3 is 0 Å². The molecule has 0 unspecified atom stereocenters. The molecule has 0 bridgehead atoms. The van der Waals surface area contributed by atoms with E-state index in [0.29, 0.717) is 5.56 Å². The largest absolute Gasteiger partial charge is 0.356 e. The Morgan fingerprint density at radius 2 is 1.61 bits per heavy atom. The quantitative estimate of drug-likeness (QED) is 0.252. The Hall–Kier alpha value is -2.98. The first-order chi connectivity index (χ1) is 13.5. The summed E-state index contributed by atoms with van der Waals surface area (Å²) >= 11 is 3.51. The lowest BCUT2D eigenvalue weighted by molar-refractivity contribution is 1.28. The van der Waals surface area contributed by atoms with Gasteiger partial charge in [0.15, 0.2) is 5.43 Å². The third kappa shape index (κ3) is 2.56. The maximum atomic E-state index is 12.4. The van der Waals surface area contributed by atoms with E-state index in [1.165, 1.54) is 0 Å². The monoisotopic (exact) mass is 428 g/mol. The fourth-order valence-corrected chi connectivity index (χ4v) is 4.16. The van der Waals surface area contributed by atoms with Crippen LogP contribution in [0.15, 0.2) is 69.9 Å². The molecule has 0 aliphatic carbocycles. The van der Waals surface area contributed by atoms with Gasteiger partial charge in [0, 0.05) is 31.9 Å². The van der Waals surface area contributed by atoms with Crippen molar-refractivity contribution in [2.75, 3.05) is 0 Å². The highest BCUT2D eigenvalue weighted by molar-refractivity contribution is 9.10. The first-order valence-electron chi connectivity index (χ1n) is 9.14. The summed E-state index contributed by atoms with van der Waals surface area (Å²) in [7, 11) is 0. The van der Waals surface area contributed by atoms with Crippen LogP contribution in [-0.2, 0) is 0 Å². The van der Waals surface area contributed by atoms with Crippen LogP contribution in [0.25, 0.3) is 43.8 Å². The minimum absolute atomic E-state index is 0.0320. The second-order valence-corrected chi connectivity index (χ2v) is 8.06. The molecule has 28 heavy (non-hydrogen) atoms. The standard InChI is InChI=1S/C24H17BrN2O/c1-13-11-20-19(12-21(13)28)22(15-7-9-16(25)10-8-15)24-23(27-20)18-6-4-3-5-17(18)14(2)26-24/h3-12,26H,1-2H3. The molecule has 4 heteroatoms. The maximum absolute atomic E-state index is 12.4. The van der Waals surface area contributed by atoms with E-state index in [9.17, 15) is 4.79 Å². The van der Waals surface area contributed by atoms with Crippen LogP contribution in [0.5, 0.6) is 0 Å². The molecule has 0 spiro atoms. The number of pyridine rings is 2. The summed E-state index contributed by atoms with van der Waals surface area (Å²) in [6, 6.07) is 20.1. The number of nitrogens with zero attached hydrogens (tertiary/aromatic N) is 1. The van der Waals surface area contributed by atoms with Crippen LogP contribution < -0.4 is 5.43 Å². The fourth-order valence-electron chi connectivity index (χ4n) is 3.90. The fraction of sp³-hybridized carbons (Fsp3) is 0.0833. The third-order valence-electron chi connectivity index (χ3n) is 5.31. The molecule has 0 atom stereocenters. The van der Waals surface area contributed by atoms with Gasteiger partial charge in [-0.05, 0) is 49.2 Å². The van der Waals surface area contributed by atoms with Crippen molar-refractivity contribution in [1.82, 2.24) is 9.97 Å². The molecular weight excluding hydrogens is 412 g/mol. The highest BCUT2D eigenvalue weighted by Crippen LogP contribution is 2.37. The number of hydrogen-bond acceptors (Lipinski definition) is 2. The minimum Gasteiger partial charge on any atom is -0.356 e. The second-order valence-electron chi connectivity index (χ2n) is 7.15. The number of H-pyrrole nitrogens is 1. The first kappa shape index (κ1) is 17.1. The van der Waals surface area contributed by atoms with Crippen molar-refractivity contribution in [2.45, 2.75) is 13.8 Å². The van der Waals surface area contributed by atoms with Crippen LogP contribution in [0.1, 0.15) is 11.3 Å². The van der Waals surface area contributed by atoms with Gasteiger partial charge in [-0.1, -0.05) is 52.3 Å². The van der Waals surface area contributed by atoms with E-state index in [1.54, 1.807) is 6.07 Å². The number of aromatic nitrogens is 2. The number of aromatic amines is 1. The Bertz CT molecular complexity index is 1450. The average molecular weight is 429 g/mol. The van der Waals surface area contributed by atoms with Crippen molar-refractivity contribution < 1.29 is 0 Å². The van der Waals surface area contributed by atoms with E-state index in [4.69, 9.17) is 4.98 Å². The van der Waals surface area contributed by atoms with E-state index in [1.807, 2.05) is 37.3 Å². The van der Waals surface area contributed by atoms with Crippen LogP contribution in [0.4, 0.5) is 0 Å². The summed E-state index contributed by atoms with van der Waals surface area (Å²) in [5, 5.41) is 3.13. The molecule has 2 aromatic heterocycles. The number of fused-ring (bicyclic) bond motifs is 4. The summed E-state index contributed by atoms with van der Waals surface area (Å²) in [6.07, 6.45) is 0. The molecule has 3 aromatic carbocycles. The summed E-state index contributed by atoms with van der Waals surface area (Å²) < 4.78 is 1.02. The smallest absolute Gasteiger partial charge is 0.182 e. The number of aryl methyl sites for hydroxylation is 2. The number of hydrogen-bond donors (Lipinski definition) is 1. The van der Waals surface area contributed by atoms with Gasteiger partial charge in [0.1, 0.15) is 0 Å². The van der Waals surface area contributed by atoms with Gasteiger partial charge in [0.2, 0.25) is 0 Å². The lowest BCUT2D eigenvalue weighted by Crippen LogP contribution is -2.04. The molecule has 5 rings (SSSR count). The molecule has 3 nitrogen and oxygen atoms in total. The van der Waals surface area contributed by atoms with Gasteiger partial charge in [0.05, 0.1) is 16.6 Å². The summed E-state index contributed by atoms with van der Waals surface area (Å²) in [5.41, 5.74) is 6.60. The first-order valence-corrected chi connectivity index (χ1v) is 9.94. The molecule has 136 valence electrons. The molecule has 5 aromatic rings. The van der Waals surface area contributed by atoms with Crippen LogP contribution >= 0.6 is 15.9 Å². The number of nitrogens with one attached hydrogen (secondary N) is 1. The van der Waals surface area contributed by atoms with Gasteiger partial charge in [-0.3, -0.25) is 4.79 Å². The maximum Gasteiger partial charge on any atom is 0.182 e. The second kappa shape index (κ2) is 6.28. The molecule has 0 radical (unpaired) electrons. The molecule has 0 aliphatic heterocycles. The molecule has 2 heterocycles. The Morgan fingerprint density at radius 1 is 0.893 bits per heavy atom. The van der Waals surface area contributed by atoms with Crippen molar-refractivity contribution in [3.8, 4) is 11.1 Å². The van der Waals surface area contributed by atoms with E-state index >= 15 is 0 Å². The van der Waals surface area contributed by atoms with Crippen molar-refractivity contribution in [3.05, 3.63) is 86.6 Å². The molecule has 0 saturated carbocycles. The summed E-state index contributed by atoms with van der Waals surface area (Å²) in [4.78, 5) is 21.0. The number of rotatable bonds is 1. The van der Waals surface area contributed by atoms with Crippen molar-refractivity contribution >= 4 is 48.6 Å². The highest BCUT2D eigenvalue weighted by atomic mass is 79.9. The van der Waals surface area contributed by atoms with E-state index < -0.39 is 0 Å². The van der Waals surface area contributed by atoms with Gasteiger partial charge in [0.25, 0.3) is 0 Å². The van der Waals surface area contributed by atoms with E-state index in [0.717, 1.165) is 54.0 Å². The zero-order valence-corrected chi connectivity index (χ0v) is 17.1. The van der Waals surface area contributed by atoms with Crippen LogP contribution in [0, 0.1) is 13.8 Å². The molecule has 0 aliphatic rings. The average Bonchev–Trinajstić information content (AvgIpc) is 2.69. The minimum atomic E-state index is 0.0320. The Morgan fingerprint density at radius 3 is 2.36 bits per heavy atom. The Labute approximate surface area is 170 Å². The van der Waals surface area contributed by atoms with Gasteiger partial charge in [-0.25, -0.2) is 4.98 Å². The molecule has 0 fully saturated rings. The van der Waals surface area contributed by atoms with Crippen LogP contribution in [0.2, 0.25) is 0 Å². The summed E-state index contributed by atoms with van der Waals surface area (Å²) in [5.74, 6) is 0. The van der Waals surface area contributed by atoms with Crippen molar-refractivity contribution in [3.63, 3.8) is 0 Å². The number of halogens is 1. The molecule has 0 saturated heterocycles. The molecule has 1 N–H and O–H groups in total. The van der Waals surface area contributed by atoms with Crippen molar-refractivity contribution in [2.24, 2.45) is 0 Å². The third-order valence-corrected chi connectivity index (χ3v) is 5.84. The number of benzene rings is 3. The van der Waals surface area contributed by atoms with Gasteiger partial charge < -0.3 is 4.98 Å². The van der Waals surface area contributed by atoms with E-state index in [-0.39, 0.29) is 5.43 Å².